The normalized spacial score (nSPS) is 16.8. The van der Waals surface area contributed by atoms with Crippen molar-refractivity contribution in [1.82, 2.24) is 4.57 Å². The molecule has 3 rings (SSSR count). The van der Waals surface area contributed by atoms with E-state index in [0.717, 1.165) is 6.42 Å². The zero-order valence-corrected chi connectivity index (χ0v) is 18.1. The number of ether oxygens (including phenoxy) is 1. The second-order valence-electron chi connectivity index (χ2n) is 6.35. The molecule has 0 unspecified atom stereocenters. The van der Waals surface area contributed by atoms with Crippen molar-refractivity contribution in [2.45, 2.75) is 39.7 Å². The lowest BCUT2D eigenvalue weighted by Gasteiger charge is -2.21. The third-order valence-electron chi connectivity index (χ3n) is 4.44. The molecule has 1 atom stereocenters. The van der Waals surface area contributed by atoms with Gasteiger partial charge in [0.2, 0.25) is 0 Å². The summed E-state index contributed by atoms with van der Waals surface area (Å²) in [5.74, 6) is -0.419. The molecule has 0 aliphatic carbocycles. The van der Waals surface area contributed by atoms with Crippen LogP contribution in [0.25, 0.3) is 11.8 Å². The summed E-state index contributed by atoms with van der Waals surface area (Å²) in [6.45, 7) is 5.83. The Hall–Kier alpha value is -1.89. The molecular formula is C20H20Cl2N2O3S. The van der Waals surface area contributed by atoms with E-state index >= 15 is 0 Å². The molecule has 5 nitrogen and oxygen atoms in total. The monoisotopic (exact) mass is 438 g/mol. The van der Waals surface area contributed by atoms with E-state index in [2.05, 4.69) is 4.99 Å². The van der Waals surface area contributed by atoms with Crippen molar-refractivity contribution in [1.29, 1.82) is 0 Å². The fourth-order valence-electron chi connectivity index (χ4n) is 3.15. The first-order valence-corrected chi connectivity index (χ1v) is 10.6. The number of hydrogen-bond donors (Lipinski definition) is 0. The van der Waals surface area contributed by atoms with Crippen LogP contribution in [0.1, 0.15) is 39.2 Å². The largest absolute Gasteiger partial charge is 0.463 e. The number of allylic oxidation sites excluding steroid dienone is 1. The van der Waals surface area contributed by atoms with Crippen molar-refractivity contribution >= 4 is 52.3 Å². The van der Waals surface area contributed by atoms with E-state index in [1.807, 2.05) is 6.92 Å². The number of fused-ring (bicyclic) bond motifs is 1. The number of hydrogen-bond acceptors (Lipinski definition) is 5. The standard InChI is InChI=1S/C20H20Cl2N2O3S/c1-4-6-15-17(19(26)27-5-2)11(3)24-18(25)16(28-20(24)23-15)9-12-7-8-13(21)10-14(12)22/h7-10,15H,4-6H2,1-3H3/b16-9-/t15-/m1/s1. The minimum absolute atomic E-state index is 0.232. The average molecular weight is 439 g/mol. The SMILES string of the molecule is CCC[C@H]1N=c2s/c(=C\c3ccc(Cl)cc3Cl)c(=O)n2C(C)=C1C(=O)OCC. The van der Waals surface area contributed by atoms with Crippen LogP contribution in [0.2, 0.25) is 10.0 Å². The summed E-state index contributed by atoms with van der Waals surface area (Å²) < 4.78 is 7.18. The van der Waals surface area contributed by atoms with Crippen molar-refractivity contribution in [3.05, 3.63) is 59.1 Å². The lowest BCUT2D eigenvalue weighted by Crippen LogP contribution is -2.37. The summed E-state index contributed by atoms with van der Waals surface area (Å²) in [6.07, 6.45) is 3.29. The maximum absolute atomic E-state index is 13.0. The lowest BCUT2D eigenvalue weighted by molar-refractivity contribution is -0.138. The van der Waals surface area contributed by atoms with Crippen molar-refractivity contribution in [3.8, 4) is 0 Å². The Kier molecular flexibility index (Phi) is 6.43. The maximum Gasteiger partial charge on any atom is 0.337 e. The Balaban J connectivity index is 2.21. The first kappa shape index (κ1) is 20.8. The summed E-state index contributed by atoms with van der Waals surface area (Å²) in [6, 6.07) is 4.80. The molecule has 1 aliphatic heterocycles. The maximum atomic E-state index is 13.0. The highest BCUT2D eigenvalue weighted by Crippen LogP contribution is 2.24. The van der Waals surface area contributed by atoms with E-state index in [9.17, 15) is 9.59 Å². The number of rotatable bonds is 5. The Labute approximate surface area is 176 Å². The first-order valence-electron chi connectivity index (χ1n) is 9.02. The van der Waals surface area contributed by atoms with Gasteiger partial charge in [-0.15, -0.1) is 0 Å². The number of esters is 1. The van der Waals surface area contributed by atoms with E-state index in [0.29, 0.717) is 42.6 Å². The van der Waals surface area contributed by atoms with Gasteiger partial charge in [-0.2, -0.15) is 0 Å². The van der Waals surface area contributed by atoms with Gasteiger partial charge in [-0.05, 0) is 44.0 Å². The molecule has 0 N–H and O–H groups in total. The summed E-state index contributed by atoms with van der Waals surface area (Å²) in [7, 11) is 0. The molecule has 0 fully saturated rings. The van der Waals surface area contributed by atoms with Gasteiger partial charge in [0.15, 0.2) is 4.80 Å². The smallest absolute Gasteiger partial charge is 0.337 e. The van der Waals surface area contributed by atoms with Crippen LogP contribution in [0.15, 0.2) is 33.6 Å². The molecule has 0 spiro atoms. The fraction of sp³-hybridized carbons (Fsp3) is 0.350. The molecule has 8 heteroatoms. The van der Waals surface area contributed by atoms with Crippen LogP contribution in [-0.4, -0.2) is 23.2 Å². The molecule has 148 valence electrons. The van der Waals surface area contributed by atoms with Crippen LogP contribution in [-0.2, 0) is 9.53 Å². The second-order valence-corrected chi connectivity index (χ2v) is 8.21. The molecule has 0 saturated heterocycles. The topological polar surface area (TPSA) is 60.7 Å². The van der Waals surface area contributed by atoms with Crippen molar-refractivity contribution in [2.24, 2.45) is 4.99 Å². The van der Waals surface area contributed by atoms with Crippen LogP contribution in [0.5, 0.6) is 0 Å². The average Bonchev–Trinajstić information content (AvgIpc) is 2.94. The van der Waals surface area contributed by atoms with E-state index in [1.54, 1.807) is 38.1 Å². The van der Waals surface area contributed by atoms with Crippen molar-refractivity contribution in [2.75, 3.05) is 6.61 Å². The van der Waals surface area contributed by atoms with Crippen molar-refractivity contribution in [3.63, 3.8) is 0 Å². The quantitative estimate of drug-likeness (QED) is 0.669. The summed E-state index contributed by atoms with van der Waals surface area (Å²) in [4.78, 5) is 30.8. The summed E-state index contributed by atoms with van der Waals surface area (Å²) >= 11 is 13.5. The zero-order valence-electron chi connectivity index (χ0n) is 15.8. The molecule has 28 heavy (non-hydrogen) atoms. The van der Waals surface area contributed by atoms with Gasteiger partial charge in [-0.3, -0.25) is 9.36 Å². The van der Waals surface area contributed by atoms with Crippen molar-refractivity contribution < 1.29 is 9.53 Å². The molecule has 1 aliphatic rings. The Morgan fingerprint density at radius 1 is 1.36 bits per heavy atom. The van der Waals surface area contributed by atoms with Crippen LogP contribution in [0.3, 0.4) is 0 Å². The third kappa shape index (κ3) is 3.95. The van der Waals surface area contributed by atoms with E-state index in [1.165, 1.54) is 15.9 Å². The number of carbonyl (C=O) groups is 1. The molecule has 2 heterocycles. The van der Waals surface area contributed by atoms with Gasteiger partial charge in [0.25, 0.3) is 5.56 Å². The van der Waals surface area contributed by atoms with Crippen LogP contribution in [0.4, 0.5) is 0 Å². The number of halogens is 2. The minimum Gasteiger partial charge on any atom is -0.463 e. The van der Waals surface area contributed by atoms with Gasteiger partial charge in [-0.1, -0.05) is 53.9 Å². The van der Waals surface area contributed by atoms with Gasteiger partial charge in [0, 0.05) is 15.7 Å². The molecular weight excluding hydrogens is 419 g/mol. The highest BCUT2D eigenvalue weighted by atomic mass is 35.5. The van der Waals surface area contributed by atoms with Gasteiger partial charge < -0.3 is 4.74 Å². The number of benzene rings is 1. The highest BCUT2D eigenvalue weighted by molar-refractivity contribution is 7.07. The predicted octanol–water partition coefficient (Wildman–Crippen LogP) is 3.64. The molecule has 2 aromatic rings. The van der Waals surface area contributed by atoms with E-state index in [4.69, 9.17) is 27.9 Å². The number of carbonyl (C=O) groups excluding carboxylic acids is 1. The minimum atomic E-state index is -0.419. The summed E-state index contributed by atoms with van der Waals surface area (Å²) in [5, 5.41) is 0.989. The second kappa shape index (κ2) is 8.64. The molecule has 0 saturated carbocycles. The third-order valence-corrected chi connectivity index (χ3v) is 5.98. The predicted molar refractivity (Wildman–Crippen MR) is 114 cm³/mol. The van der Waals surface area contributed by atoms with Gasteiger partial charge in [0.1, 0.15) is 0 Å². The van der Waals surface area contributed by atoms with Crippen LogP contribution in [0, 0.1) is 0 Å². The zero-order chi connectivity index (χ0) is 20.4. The van der Waals surface area contributed by atoms with Gasteiger partial charge >= 0.3 is 5.97 Å². The van der Waals surface area contributed by atoms with E-state index in [-0.39, 0.29) is 18.2 Å². The first-order chi connectivity index (χ1) is 13.4. The number of thiazole rings is 1. The van der Waals surface area contributed by atoms with Gasteiger partial charge in [-0.25, -0.2) is 9.79 Å². The Morgan fingerprint density at radius 2 is 2.11 bits per heavy atom. The number of nitrogens with zero attached hydrogens (tertiary/aromatic N) is 2. The molecule has 0 bridgehead atoms. The molecule has 1 aromatic heterocycles. The molecule has 1 aromatic carbocycles. The number of aromatic nitrogens is 1. The van der Waals surface area contributed by atoms with Crippen LogP contribution < -0.4 is 14.9 Å². The molecule has 0 radical (unpaired) electrons. The Bertz CT molecular complexity index is 1130. The lowest BCUT2D eigenvalue weighted by atomic mass is 10.00. The fourth-order valence-corrected chi connectivity index (χ4v) is 4.67. The van der Waals surface area contributed by atoms with Gasteiger partial charge in [0.05, 0.1) is 22.8 Å². The molecule has 0 amide bonds. The summed E-state index contributed by atoms with van der Waals surface area (Å²) in [5.41, 5.74) is 1.49. The Morgan fingerprint density at radius 3 is 2.75 bits per heavy atom. The highest BCUT2D eigenvalue weighted by Gasteiger charge is 2.29. The van der Waals surface area contributed by atoms with Crippen LogP contribution >= 0.6 is 34.5 Å². The van der Waals surface area contributed by atoms with E-state index < -0.39 is 5.97 Å².